The first-order chi connectivity index (χ1) is 19.9. The number of nitrogens with two attached hydrogens (primary N) is 1. The maximum Gasteiger partial charge on any atom is 0.416 e. The molecule has 42 heavy (non-hydrogen) atoms. The number of alkyl halides is 3. The number of allylic oxidation sites excluding steroid dienone is 4. The lowest BCUT2D eigenvalue weighted by Crippen LogP contribution is -2.18. The number of nitrogens with one attached hydrogen (secondary N) is 3. The summed E-state index contributed by atoms with van der Waals surface area (Å²) in [6, 6.07) is 7.21. The minimum absolute atomic E-state index is 0.0497. The first-order valence-corrected chi connectivity index (χ1v) is 13.9. The van der Waals surface area contributed by atoms with Crippen LogP contribution in [0.5, 0.6) is 0 Å². The molecule has 1 aliphatic rings. The van der Waals surface area contributed by atoms with Crippen LogP contribution in [0.4, 0.5) is 13.2 Å². The first kappa shape index (κ1) is 46.0. The van der Waals surface area contributed by atoms with Gasteiger partial charge in [-0.1, -0.05) is 45.9 Å². The molecule has 0 radical (unpaired) electrons. The van der Waals surface area contributed by atoms with Gasteiger partial charge in [-0.25, -0.2) is 5.48 Å². The van der Waals surface area contributed by atoms with E-state index in [9.17, 15) is 18.0 Å². The van der Waals surface area contributed by atoms with Gasteiger partial charge in [0.15, 0.2) is 5.78 Å². The largest absolute Gasteiger partial charge is 0.416 e. The minimum atomic E-state index is -4.35. The second-order valence-electron chi connectivity index (χ2n) is 8.13. The molecule has 1 aromatic rings. The Kier molecular flexibility index (Phi) is 32.3. The van der Waals surface area contributed by atoms with Gasteiger partial charge in [0.05, 0.1) is 18.7 Å². The van der Waals surface area contributed by atoms with Crippen molar-refractivity contribution in [1.29, 1.82) is 5.26 Å². The smallest absolute Gasteiger partial charge is 0.373 e. The minimum Gasteiger partial charge on any atom is -0.373 e. The number of nitrogens with zero attached hydrogens (tertiary/aromatic N) is 2. The number of ketones is 1. The molecule has 0 aliphatic heterocycles. The van der Waals surface area contributed by atoms with Crippen LogP contribution in [0.1, 0.15) is 59.1 Å². The van der Waals surface area contributed by atoms with Crippen LogP contribution in [0.25, 0.3) is 0 Å². The van der Waals surface area contributed by atoms with E-state index in [4.69, 9.17) is 11.0 Å². The highest BCUT2D eigenvalue weighted by Crippen LogP contribution is 2.30. The Morgan fingerprint density at radius 2 is 1.67 bits per heavy atom. The normalized spacial score (nSPS) is 13.0. The molecular weight excluding hydrogens is 545 g/mol. The number of benzene rings is 1. The predicted molar refractivity (Wildman–Crippen MR) is 169 cm³/mol. The van der Waals surface area contributed by atoms with Crippen LogP contribution >= 0.6 is 0 Å². The number of Topliss-reactive ketones (excluding diaryl/α,β-unsaturated/α-hetero) is 1. The van der Waals surface area contributed by atoms with Gasteiger partial charge in [-0.15, -0.1) is 0 Å². The molecule has 0 amide bonds. The number of likely N-dealkylation sites (N-methyl/N-ethyl adjacent to an activating group) is 1. The maximum atomic E-state index is 12.8. The molecule has 0 aromatic heterocycles. The number of nitriles is 1. The average molecular weight is 601 g/mol. The Morgan fingerprint density at radius 3 is 2.05 bits per heavy atom. The molecule has 0 fully saturated rings. The fourth-order valence-electron chi connectivity index (χ4n) is 2.95. The van der Waals surface area contributed by atoms with E-state index in [1.807, 2.05) is 72.8 Å². The number of hydrogen-bond donors (Lipinski definition) is 4. The van der Waals surface area contributed by atoms with Crippen molar-refractivity contribution in [2.24, 2.45) is 5.73 Å². The maximum absolute atomic E-state index is 12.8. The molecule has 0 unspecified atom stereocenters. The molecule has 1 aliphatic carbocycles. The molecule has 0 spiro atoms. The zero-order valence-corrected chi connectivity index (χ0v) is 27.7. The second-order valence-corrected chi connectivity index (χ2v) is 8.13. The van der Waals surface area contributed by atoms with Gasteiger partial charge >= 0.3 is 6.18 Å². The zero-order valence-electron chi connectivity index (χ0n) is 27.7. The predicted octanol–water partition coefficient (Wildman–Crippen LogP) is 5.60. The molecular formula is C31H55F3N6O2. The number of hydrogen-bond acceptors (Lipinski definition) is 8. The molecule has 0 atom stereocenters. The van der Waals surface area contributed by atoms with Crippen molar-refractivity contribution in [3.05, 3.63) is 70.0 Å². The topological polar surface area (TPSA) is 115 Å². The summed E-state index contributed by atoms with van der Waals surface area (Å²) in [6.07, 6.45) is -0.407. The van der Waals surface area contributed by atoms with Gasteiger partial charge in [0, 0.05) is 57.0 Å². The lowest BCUT2D eigenvalue weighted by molar-refractivity contribution is -0.137. The Morgan fingerprint density at radius 1 is 1.14 bits per heavy atom. The van der Waals surface area contributed by atoms with Crippen LogP contribution in [-0.2, 0) is 22.4 Å². The number of carbonyl (C=O) groups excluding carboxylic acids is 1. The van der Waals surface area contributed by atoms with Gasteiger partial charge < -0.3 is 26.1 Å². The van der Waals surface area contributed by atoms with Crippen molar-refractivity contribution >= 4 is 5.78 Å². The third kappa shape index (κ3) is 22.7. The van der Waals surface area contributed by atoms with Crippen molar-refractivity contribution < 1.29 is 22.8 Å². The summed E-state index contributed by atoms with van der Waals surface area (Å²) in [5, 5.41) is 13.9. The molecule has 242 valence electrons. The van der Waals surface area contributed by atoms with E-state index >= 15 is 0 Å². The Labute approximate surface area is 252 Å². The number of carbonyl (C=O) groups is 1. The molecule has 0 heterocycles. The number of halogens is 3. The molecule has 1 aromatic carbocycles. The second kappa shape index (κ2) is 29.5. The van der Waals surface area contributed by atoms with Gasteiger partial charge in [-0.3, -0.25) is 4.79 Å². The van der Waals surface area contributed by atoms with Crippen LogP contribution in [0, 0.1) is 11.3 Å². The van der Waals surface area contributed by atoms with E-state index in [0.29, 0.717) is 42.8 Å². The molecule has 8 nitrogen and oxygen atoms in total. The molecule has 0 saturated carbocycles. The lowest BCUT2D eigenvalue weighted by Gasteiger charge is -2.22. The average Bonchev–Trinajstić information content (AvgIpc) is 3.35. The van der Waals surface area contributed by atoms with E-state index in [-0.39, 0.29) is 5.78 Å². The molecule has 0 saturated heterocycles. The van der Waals surface area contributed by atoms with Crippen molar-refractivity contribution in [2.75, 3.05) is 55.4 Å². The van der Waals surface area contributed by atoms with Gasteiger partial charge in [0.2, 0.25) is 0 Å². The fourth-order valence-corrected chi connectivity index (χ4v) is 2.95. The summed E-state index contributed by atoms with van der Waals surface area (Å²) in [6.45, 7) is 13.0. The highest BCUT2D eigenvalue weighted by atomic mass is 19.4. The van der Waals surface area contributed by atoms with Gasteiger partial charge in [-0.05, 0) is 64.3 Å². The van der Waals surface area contributed by atoms with Crippen LogP contribution in [0.2, 0.25) is 0 Å². The number of rotatable bonds is 7. The van der Waals surface area contributed by atoms with E-state index in [0.717, 1.165) is 23.4 Å². The summed E-state index contributed by atoms with van der Waals surface area (Å²) < 4.78 is 38.4. The quantitative estimate of drug-likeness (QED) is 0.182. The lowest BCUT2D eigenvalue weighted by atomic mass is 10.1. The van der Waals surface area contributed by atoms with Crippen LogP contribution in [0.3, 0.4) is 0 Å². The molecule has 0 bridgehead atoms. The highest BCUT2D eigenvalue weighted by molar-refractivity contribution is 6.03. The monoisotopic (exact) mass is 600 g/mol. The highest BCUT2D eigenvalue weighted by Gasteiger charge is 2.30. The number of hydroxylamine groups is 1. The van der Waals surface area contributed by atoms with Crippen LogP contribution in [0.15, 0.2) is 58.8 Å². The SMILES string of the molecule is C/C(C#N)=C\CN.CC.CC.CNC.CNCC1=C/C(=C(\C)N(C)Cc2cccc(C(F)(F)F)c2)C(=O)C1.CNOC. The van der Waals surface area contributed by atoms with Crippen molar-refractivity contribution in [2.45, 2.75) is 60.7 Å². The summed E-state index contributed by atoms with van der Waals surface area (Å²) >= 11 is 0. The van der Waals surface area contributed by atoms with Crippen molar-refractivity contribution in [3.63, 3.8) is 0 Å². The molecule has 5 N–H and O–H groups in total. The van der Waals surface area contributed by atoms with Crippen LogP contribution < -0.4 is 21.8 Å². The molecule has 2 rings (SSSR count). The molecule has 11 heteroatoms. The zero-order chi connectivity index (χ0) is 33.7. The van der Waals surface area contributed by atoms with E-state index < -0.39 is 11.7 Å². The fraction of sp³-hybridized carbons (Fsp3) is 0.548. The Balaban J connectivity index is -0.000000331. The van der Waals surface area contributed by atoms with Crippen molar-refractivity contribution in [3.8, 4) is 6.07 Å². The summed E-state index contributed by atoms with van der Waals surface area (Å²) in [5.41, 5.74) is 10.5. The van der Waals surface area contributed by atoms with Crippen molar-refractivity contribution in [1.82, 2.24) is 21.0 Å². The first-order valence-electron chi connectivity index (χ1n) is 13.9. The van der Waals surface area contributed by atoms with Gasteiger partial charge in [0.1, 0.15) is 0 Å². The summed E-state index contributed by atoms with van der Waals surface area (Å²) in [5.74, 6) is 0.0497. The third-order valence-electron chi connectivity index (χ3n) is 4.88. The van der Waals surface area contributed by atoms with E-state index in [1.165, 1.54) is 6.07 Å². The Hall–Kier alpha value is -3.01. The summed E-state index contributed by atoms with van der Waals surface area (Å²) in [4.78, 5) is 18.2. The Bertz CT molecular complexity index is 966. The van der Waals surface area contributed by atoms with Crippen LogP contribution in [-0.4, -0.2) is 66.1 Å². The van der Waals surface area contributed by atoms with Gasteiger partial charge in [0.25, 0.3) is 0 Å². The third-order valence-corrected chi connectivity index (χ3v) is 4.88. The summed E-state index contributed by atoms with van der Waals surface area (Å²) in [7, 11) is 10.6. The van der Waals surface area contributed by atoms with Gasteiger partial charge in [-0.2, -0.15) is 18.4 Å². The van der Waals surface area contributed by atoms with E-state index in [2.05, 4.69) is 21.0 Å². The standard InChI is InChI=1S/C18H21F3N2O.C5H8N2.C2H7NO.C2H7N.2C2H6/c1-12(16-8-14(10-22-2)9-17(16)24)23(3)11-13-5-4-6-15(7-13)18(19,20)21;1-5(4-7)2-3-6;1-3-4-2;1-3-2;2*1-2/h4-8,22H,9-11H2,1-3H3;2H,3,6H2,1H3;3H,1-2H3;3H,1-2H3;2*1-2H3/b16-12-;5-2+;;;;. The van der Waals surface area contributed by atoms with E-state index in [1.54, 1.807) is 40.3 Å².